The molecule has 0 aromatic heterocycles. The van der Waals surface area contributed by atoms with Crippen molar-refractivity contribution in [3.63, 3.8) is 0 Å². The van der Waals surface area contributed by atoms with Crippen LogP contribution in [0.4, 0.5) is 4.79 Å². The molecule has 6 nitrogen and oxygen atoms in total. The molecule has 0 aliphatic rings. The van der Waals surface area contributed by atoms with Crippen molar-refractivity contribution < 1.29 is 18.1 Å². The third kappa shape index (κ3) is 6.21. The summed E-state index contributed by atoms with van der Waals surface area (Å²) in [5.74, 6) is 0.334. The van der Waals surface area contributed by atoms with E-state index < -0.39 is 14.8 Å². The predicted molar refractivity (Wildman–Crippen MR) is 81.4 cm³/mol. The summed E-state index contributed by atoms with van der Waals surface area (Å²) >= 11 is 0. The SMILES string of the molecule is CCO[Si](OCC)(OCC)C(CCNC(N)=O)C(C)C. The molecule has 2 amide bonds. The van der Waals surface area contributed by atoms with E-state index in [1.807, 2.05) is 20.8 Å². The van der Waals surface area contributed by atoms with Crippen LogP contribution in [-0.4, -0.2) is 41.2 Å². The van der Waals surface area contributed by atoms with Crippen LogP contribution in [0.15, 0.2) is 0 Å². The highest BCUT2D eigenvalue weighted by Crippen LogP contribution is 2.35. The van der Waals surface area contributed by atoms with Gasteiger partial charge in [0, 0.05) is 31.9 Å². The molecule has 0 radical (unpaired) electrons. The van der Waals surface area contributed by atoms with Gasteiger partial charge in [-0.1, -0.05) is 13.8 Å². The van der Waals surface area contributed by atoms with Crippen molar-refractivity contribution in [2.45, 2.75) is 46.6 Å². The van der Waals surface area contributed by atoms with E-state index in [0.717, 1.165) is 6.42 Å². The molecule has 0 heterocycles. The zero-order chi connectivity index (χ0) is 15.6. The van der Waals surface area contributed by atoms with Crippen LogP contribution in [-0.2, 0) is 13.3 Å². The highest BCUT2D eigenvalue weighted by atomic mass is 28.4. The first-order chi connectivity index (χ1) is 9.43. The zero-order valence-electron chi connectivity index (χ0n) is 13.4. The van der Waals surface area contributed by atoms with Crippen molar-refractivity contribution in [1.29, 1.82) is 0 Å². The monoisotopic (exact) mass is 306 g/mol. The highest BCUT2D eigenvalue weighted by molar-refractivity contribution is 6.62. The van der Waals surface area contributed by atoms with Gasteiger partial charge < -0.3 is 24.3 Å². The van der Waals surface area contributed by atoms with Crippen molar-refractivity contribution in [2.24, 2.45) is 11.7 Å². The number of carbonyl (C=O) groups is 1. The molecule has 1 unspecified atom stereocenters. The molecule has 1 atom stereocenters. The maximum Gasteiger partial charge on any atom is 0.504 e. The molecule has 0 fully saturated rings. The summed E-state index contributed by atoms with van der Waals surface area (Å²) < 4.78 is 17.8. The zero-order valence-corrected chi connectivity index (χ0v) is 14.4. The minimum absolute atomic E-state index is 0.134. The average Bonchev–Trinajstić information content (AvgIpc) is 2.34. The number of carbonyl (C=O) groups excluding carboxylic acids is 1. The molecule has 0 spiro atoms. The van der Waals surface area contributed by atoms with Gasteiger partial charge in [-0.05, 0) is 33.1 Å². The standard InChI is InChI=1S/C13H30N2O4Si/c1-6-17-20(18-7-2,19-8-3)12(11(4)5)9-10-15-13(14)16/h11-12H,6-10H2,1-5H3,(H3,14,15,16). The van der Waals surface area contributed by atoms with Crippen LogP contribution in [0, 0.1) is 5.92 Å². The molecule has 0 saturated carbocycles. The van der Waals surface area contributed by atoms with Gasteiger partial charge in [-0.25, -0.2) is 4.79 Å². The van der Waals surface area contributed by atoms with E-state index in [0.29, 0.717) is 32.3 Å². The lowest BCUT2D eigenvalue weighted by Crippen LogP contribution is -2.52. The summed E-state index contributed by atoms with van der Waals surface area (Å²) in [6.07, 6.45) is 0.729. The lowest BCUT2D eigenvalue weighted by molar-refractivity contribution is 0.0542. The Morgan fingerprint density at radius 1 is 1.10 bits per heavy atom. The molecule has 0 saturated heterocycles. The third-order valence-electron chi connectivity index (χ3n) is 3.05. The van der Waals surface area contributed by atoms with Crippen LogP contribution in [0.25, 0.3) is 0 Å². The van der Waals surface area contributed by atoms with Crippen LogP contribution in [0.1, 0.15) is 41.0 Å². The average molecular weight is 306 g/mol. The fourth-order valence-electron chi connectivity index (χ4n) is 2.32. The summed E-state index contributed by atoms with van der Waals surface area (Å²) in [5.41, 5.74) is 5.24. The Labute approximate surface area is 123 Å². The Hall–Kier alpha value is -0.633. The minimum Gasteiger partial charge on any atom is -0.374 e. The minimum atomic E-state index is -2.75. The summed E-state index contributed by atoms with van der Waals surface area (Å²) in [4.78, 5) is 10.8. The second-order valence-corrected chi connectivity index (χ2v) is 7.65. The lowest BCUT2D eigenvalue weighted by Gasteiger charge is -2.37. The summed E-state index contributed by atoms with van der Waals surface area (Å²) in [7, 11) is -2.75. The van der Waals surface area contributed by atoms with Crippen LogP contribution in [0.3, 0.4) is 0 Å². The second-order valence-electron chi connectivity index (χ2n) is 4.83. The van der Waals surface area contributed by atoms with Gasteiger partial charge in [0.1, 0.15) is 0 Å². The smallest absolute Gasteiger partial charge is 0.374 e. The maximum absolute atomic E-state index is 10.8. The summed E-state index contributed by atoms with van der Waals surface area (Å²) in [6, 6.07) is -0.510. The van der Waals surface area contributed by atoms with Crippen molar-refractivity contribution in [1.82, 2.24) is 5.32 Å². The van der Waals surface area contributed by atoms with Crippen molar-refractivity contribution in [3.8, 4) is 0 Å². The number of hydrogen-bond donors (Lipinski definition) is 2. The van der Waals surface area contributed by atoms with Gasteiger partial charge in [0.15, 0.2) is 0 Å². The molecular weight excluding hydrogens is 276 g/mol. The van der Waals surface area contributed by atoms with Gasteiger partial charge in [-0.15, -0.1) is 0 Å². The van der Waals surface area contributed by atoms with Gasteiger partial charge in [0.05, 0.1) is 0 Å². The largest absolute Gasteiger partial charge is 0.504 e. The third-order valence-corrected chi connectivity index (χ3v) is 6.99. The van der Waals surface area contributed by atoms with E-state index in [-0.39, 0.29) is 5.54 Å². The van der Waals surface area contributed by atoms with E-state index in [9.17, 15) is 4.79 Å². The van der Waals surface area contributed by atoms with E-state index >= 15 is 0 Å². The highest BCUT2D eigenvalue weighted by Gasteiger charge is 2.50. The number of urea groups is 1. The number of rotatable bonds is 11. The van der Waals surface area contributed by atoms with Gasteiger partial charge in [0.2, 0.25) is 0 Å². The van der Waals surface area contributed by atoms with Gasteiger partial charge in [-0.2, -0.15) is 0 Å². The van der Waals surface area contributed by atoms with Crippen LogP contribution in [0.2, 0.25) is 5.54 Å². The Bertz CT molecular complexity index is 260. The molecule has 0 aliphatic carbocycles. The quantitative estimate of drug-likeness (QED) is 0.573. The van der Waals surface area contributed by atoms with Crippen molar-refractivity contribution >= 4 is 14.8 Å². The maximum atomic E-state index is 10.8. The molecule has 0 aliphatic heterocycles. The van der Waals surface area contributed by atoms with E-state index in [4.69, 9.17) is 19.0 Å². The number of primary amides is 1. The fraction of sp³-hybridized carbons (Fsp3) is 0.923. The van der Waals surface area contributed by atoms with Crippen molar-refractivity contribution in [3.05, 3.63) is 0 Å². The summed E-state index contributed by atoms with van der Waals surface area (Å²) in [6.45, 7) is 12.2. The Kier molecular flexibility index (Phi) is 9.82. The first-order valence-corrected chi connectivity index (χ1v) is 9.18. The predicted octanol–water partition coefficient (Wildman–Crippen LogP) is 2.12. The molecule has 7 heteroatoms. The van der Waals surface area contributed by atoms with Crippen LogP contribution >= 0.6 is 0 Å². The molecule has 0 bridgehead atoms. The lowest BCUT2D eigenvalue weighted by atomic mass is 10.1. The van der Waals surface area contributed by atoms with Gasteiger partial charge in [-0.3, -0.25) is 0 Å². The van der Waals surface area contributed by atoms with E-state index in [1.54, 1.807) is 0 Å². The van der Waals surface area contributed by atoms with Crippen molar-refractivity contribution in [2.75, 3.05) is 26.4 Å². The molecule has 0 aromatic rings. The number of amides is 2. The molecule has 0 aromatic carbocycles. The Balaban J connectivity index is 5.01. The Morgan fingerprint density at radius 2 is 1.55 bits per heavy atom. The second kappa shape index (κ2) is 10.1. The van der Waals surface area contributed by atoms with Crippen LogP contribution in [0.5, 0.6) is 0 Å². The van der Waals surface area contributed by atoms with Crippen LogP contribution < -0.4 is 11.1 Å². The normalized spacial score (nSPS) is 13.5. The molecule has 0 rings (SSSR count). The number of nitrogens with two attached hydrogens (primary N) is 1. The Morgan fingerprint density at radius 3 is 1.85 bits per heavy atom. The topological polar surface area (TPSA) is 82.8 Å². The fourth-order valence-corrected chi connectivity index (χ4v) is 5.73. The molecule has 120 valence electrons. The molecule has 3 N–H and O–H groups in total. The first kappa shape index (κ1) is 19.4. The van der Waals surface area contributed by atoms with Gasteiger partial charge in [0.25, 0.3) is 0 Å². The first-order valence-electron chi connectivity index (χ1n) is 7.38. The molecule has 20 heavy (non-hydrogen) atoms. The summed E-state index contributed by atoms with van der Waals surface area (Å²) in [5, 5.41) is 2.62. The van der Waals surface area contributed by atoms with E-state index in [2.05, 4.69) is 19.2 Å². The van der Waals surface area contributed by atoms with Gasteiger partial charge >= 0.3 is 14.8 Å². The van der Waals surface area contributed by atoms with E-state index in [1.165, 1.54) is 0 Å². The number of nitrogens with one attached hydrogen (secondary N) is 1. The molecular formula is C13H30N2O4Si. The number of hydrogen-bond acceptors (Lipinski definition) is 4.